The molecule has 0 bridgehead atoms. The van der Waals surface area contributed by atoms with Crippen LogP contribution in [0.25, 0.3) is 0 Å². The molecular formula is C19H32IN3O4. The van der Waals surface area contributed by atoms with Gasteiger partial charge in [-0.25, -0.2) is 0 Å². The largest absolute Gasteiger partial charge is 0.493 e. The standard InChI is InChI=1S/C19H31N3O4.HI/c1-20-18(21-15-19(24-3)8-12-25-13-9-19)22-16-6-4-7-17(14-16)26-11-5-10-23-2;/h4,6-7,14H,5,8-13,15H2,1-3H3,(H2,20,21,22);1H. The maximum atomic E-state index is 5.75. The van der Waals surface area contributed by atoms with Crippen molar-refractivity contribution < 1.29 is 18.9 Å². The van der Waals surface area contributed by atoms with Crippen molar-refractivity contribution in [1.82, 2.24) is 5.32 Å². The minimum absolute atomic E-state index is 0. The summed E-state index contributed by atoms with van der Waals surface area (Å²) in [4.78, 5) is 4.30. The lowest BCUT2D eigenvalue weighted by Gasteiger charge is -2.36. The summed E-state index contributed by atoms with van der Waals surface area (Å²) >= 11 is 0. The van der Waals surface area contributed by atoms with Gasteiger partial charge in [0.1, 0.15) is 5.75 Å². The molecule has 0 aliphatic carbocycles. The van der Waals surface area contributed by atoms with Gasteiger partial charge in [-0.05, 0) is 12.1 Å². The quantitative estimate of drug-likeness (QED) is 0.239. The highest BCUT2D eigenvalue weighted by molar-refractivity contribution is 14.0. The van der Waals surface area contributed by atoms with Gasteiger partial charge >= 0.3 is 0 Å². The lowest BCUT2D eigenvalue weighted by atomic mass is 9.94. The van der Waals surface area contributed by atoms with Gasteiger partial charge in [-0.2, -0.15) is 0 Å². The fourth-order valence-electron chi connectivity index (χ4n) is 2.81. The van der Waals surface area contributed by atoms with Crippen LogP contribution >= 0.6 is 24.0 Å². The number of nitrogens with zero attached hydrogens (tertiary/aromatic N) is 1. The van der Waals surface area contributed by atoms with Gasteiger partial charge in [0.05, 0.1) is 12.2 Å². The van der Waals surface area contributed by atoms with E-state index >= 15 is 0 Å². The average Bonchev–Trinajstić information content (AvgIpc) is 2.69. The predicted molar refractivity (Wildman–Crippen MR) is 119 cm³/mol. The number of methoxy groups -OCH3 is 2. The Hall–Kier alpha value is -1.10. The number of rotatable bonds is 9. The highest BCUT2D eigenvalue weighted by atomic mass is 127. The fraction of sp³-hybridized carbons (Fsp3) is 0.632. The summed E-state index contributed by atoms with van der Waals surface area (Å²) in [6.07, 6.45) is 2.61. The summed E-state index contributed by atoms with van der Waals surface area (Å²) in [7, 11) is 5.20. The van der Waals surface area contributed by atoms with Crippen molar-refractivity contribution in [3.05, 3.63) is 24.3 Å². The topological polar surface area (TPSA) is 73.3 Å². The number of ether oxygens (including phenoxy) is 4. The molecule has 1 aromatic carbocycles. The van der Waals surface area contributed by atoms with E-state index in [2.05, 4.69) is 15.6 Å². The molecule has 0 radical (unpaired) electrons. The van der Waals surface area contributed by atoms with Gasteiger partial charge in [0.25, 0.3) is 0 Å². The zero-order valence-electron chi connectivity index (χ0n) is 16.5. The number of halogens is 1. The summed E-state index contributed by atoms with van der Waals surface area (Å²) in [6.45, 7) is 3.46. The lowest BCUT2D eigenvalue weighted by molar-refractivity contribution is -0.0854. The minimum Gasteiger partial charge on any atom is -0.493 e. The maximum Gasteiger partial charge on any atom is 0.195 e. The van der Waals surface area contributed by atoms with Gasteiger partial charge in [0, 0.05) is 78.6 Å². The van der Waals surface area contributed by atoms with Gasteiger partial charge < -0.3 is 29.6 Å². The van der Waals surface area contributed by atoms with Gasteiger partial charge in [-0.15, -0.1) is 24.0 Å². The zero-order valence-corrected chi connectivity index (χ0v) is 18.8. The molecule has 0 aromatic heterocycles. The molecule has 1 aliphatic rings. The zero-order chi connectivity index (χ0) is 18.7. The Labute approximate surface area is 179 Å². The monoisotopic (exact) mass is 493 g/mol. The van der Waals surface area contributed by atoms with E-state index in [4.69, 9.17) is 18.9 Å². The van der Waals surface area contributed by atoms with Crippen molar-refractivity contribution >= 4 is 35.6 Å². The average molecular weight is 493 g/mol. The first-order valence-corrected chi connectivity index (χ1v) is 9.04. The smallest absolute Gasteiger partial charge is 0.195 e. The molecule has 0 atom stereocenters. The lowest BCUT2D eigenvalue weighted by Crippen LogP contribution is -2.49. The predicted octanol–water partition coefficient (Wildman–Crippen LogP) is 2.90. The van der Waals surface area contributed by atoms with Crippen LogP contribution in [0.2, 0.25) is 0 Å². The first kappa shape index (κ1) is 23.9. The van der Waals surface area contributed by atoms with Crippen LogP contribution in [0, 0.1) is 0 Å². The van der Waals surface area contributed by atoms with Gasteiger partial charge in [0.15, 0.2) is 5.96 Å². The maximum absolute atomic E-state index is 5.75. The molecule has 1 fully saturated rings. The third-order valence-corrected chi connectivity index (χ3v) is 4.50. The number of aliphatic imine (C=N–C) groups is 1. The van der Waals surface area contributed by atoms with E-state index in [1.807, 2.05) is 24.3 Å². The van der Waals surface area contributed by atoms with Crippen LogP contribution in [0.5, 0.6) is 5.75 Å². The highest BCUT2D eigenvalue weighted by Gasteiger charge is 2.32. The third kappa shape index (κ3) is 8.20. The summed E-state index contributed by atoms with van der Waals surface area (Å²) in [6, 6.07) is 7.84. The molecule has 1 heterocycles. The molecule has 0 unspecified atom stereocenters. The van der Waals surface area contributed by atoms with Crippen LogP contribution in [-0.2, 0) is 14.2 Å². The molecular weight excluding hydrogens is 461 g/mol. The van der Waals surface area contributed by atoms with Crippen LogP contribution < -0.4 is 15.4 Å². The number of guanidine groups is 1. The van der Waals surface area contributed by atoms with E-state index in [-0.39, 0.29) is 29.6 Å². The Bertz CT molecular complexity index is 566. The SMILES string of the molecule is CN=C(NCC1(OC)CCOCC1)Nc1cccc(OCCCOC)c1.I. The fourth-order valence-corrected chi connectivity index (χ4v) is 2.81. The molecule has 2 rings (SSSR count). The van der Waals surface area contributed by atoms with Gasteiger partial charge in [0.2, 0.25) is 0 Å². The second kappa shape index (κ2) is 13.1. The molecule has 1 saturated heterocycles. The second-order valence-electron chi connectivity index (χ2n) is 6.27. The molecule has 8 heteroatoms. The number of benzene rings is 1. The first-order valence-electron chi connectivity index (χ1n) is 9.04. The van der Waals surface area contributed by atoms with Crippen LogP contribution in [-0.4, -0.2) is 65.8 Å². The van der Waals surface area contributed by atoms with E-state index in [0.717, 1.165) is 43.9 Å². The summed E-state index contributed by atoms with van der Waals surface area (Å²) in [5.74, 6) is 1.52. The molecule has 27 heavy (non-hydrogen) atoms. The number of hydrogen-bond donors (Lipinski definition) is 2. The number of anilines is 1. The molecule has 154 valence electrons. The third-order valence-electron chi connectivity index (χ3n) is 4.50. The Balaban J connectivity index is 0.00000364. The van der Waals surface area contributed by atoms with Crippen molar-refractivity contribution in [2.24, 2.45) is 4.99 Å². The molecule has 0 saturated carbocycles. The van der Waals surface area contributed by atoms with Crippen molar-refractivity contribution in [2.75, 3.05) is 59.6 Å². The van der Waals surface area contributed by atoms with Crippen LogP contribution in [0.1, 0.15) is 19.3 Å². The van der Waals surface area contributed by atoms with Gasteiger partial charge in [-0.3, -0.25) is 4.99 Å². The van der Waals surface area contributed by atoms with Gasteiger partial charge in [-0.1, -0.05) is 6.07 Å². The Morgan fingerprint density at radius 2 is 2.00 bits per heavy atom. The van der Waals surface area contributed by atoms with Crippen LogP contribution in [0.3, 0.4) is 0 Å². The van der Waals surface area contributed by atoms with Crippen molar-refractivity contribution in [3.8, 4) is 5.75 Å². The summed E-state index contributed by atoms with van der Waals surface area (Å²) in [5, 5.41) is 6.66. The molecule has 0 spiro atoms. The Kier molecular flexibility index (Phi) is 11.7. The minimum atomic E-state index is -0.206. The molecule has 0 amide bonds. The van der Waals surface area contributed by atoms with E-state index in [1.165, 1.54) is 0 Å². The van der Waals surface area contributed by atoms with E-state index in [9.17, 15) is 0 Å². The van der Waals surface area contributed by atoms with E-state index in [0.29, 0.717) is 25.7 Å². The summed E-state index contributed by atoms with van der Waals surface area (Å²) in [5.41, 5.74) is 0.711. The van der Waals surface area contributed by atoms with E-state index in [1.54, 1.807) is 21.3 Å². The second-order valence-corrected chi connectivity index (χ2v) is 6.27. The highest BCUT2D eigenvalue weighted by Crippen LogP contribution is 2.23. The molecule has 1 aliphatic heterocycles. The Morgan fingerprint density at radius 3 is 2.67 bits per heavy atom. The van der Waals surface area contributed by atoms with Crippen molar-refractivity contribution in [2.45, 2.75) is 24.9 Å². The number of nitrogens with one attached hydrogen (secondary N) is 2. The first-order chi connectivity index (χ1) is 12.7. The van der Waals surface area contributed by atoms with Crippen LogP contribution in [0.15, 0.2) is 29.3 Å². The normalized spacial score (nSPS) is 16.3. The van der Waals surface area contributed by atoms with Crippen molar-refractivity contribution in [3.63, 3.8) is 0 Å². The number of hydrogen-bond acceptors (Lipinski definition) is 5. The van der Waals surface area contributed by atoms with E-state index < -0.39 is 0 Å². The van der Waals surface area contributed by atoms with Crippen LogP contribution in [0.4, 0.5) is 5.69 Å². The molecule has 2 N–H and O–H groups in total. The van der Waals surface area contributed by atoms with Crippen molar-refractivity contribution in [1.29, 1.82) is 0 Å². The molecule has 7 nitrogen and oxygen atoms in total. The Morgan fingerprint density at radius 1 is 1.22 bits per heavy atom. The molecule has 1 aromatic rings. The summed E-state index contributed by atoms with van der Waals surface area (Å²) < 4.78 is 22.0.